The van der Waals surface area contributed by atoms with E-state index >= 15 is 8.78 Å². The van der Waals surface area contributed by atoms with Gasteiger partial charge in [0.2, 0.25) is 5.91 Å². The predicted octanol–water partition coefficient (Wildman–Crippen LogP) is 5.33. The fourth-order valence-electron chi connectivity index (χ4n) is 7.00. The van der Waals surface area contributed by atoms with Crippen LogP contribution in [0.5, 0.6) is 0 Å². The number of aromatic nitrogens is 4. The molecule has 298 valence electrons. The molecular weight excluding hydrogens is 748 g/mol. The molecule has 0 bridgehead atoms. The summed E-state index contributed by atoms with van der Waals surface area (Å²) in [5.41, 5.74) is 6.66. The number of piperidine rings is 1. The molecule has 0 aliphatic carbocycles. The molecule has 56 heavy (non-hydrogen) atoms. The van der Waals surface area contributed by atoms with Gasteiger partial charge in [-0.1, -0.05) is 17.7 Å². The lowest BCUT2D eigenvalue weighted by Gasteiger charge is -2.38. The van der Waals surface area contributed by atoms with Gasteiger partial charge in [0.25, 0.3) is 11.8 Å². The molecular formula is C39H46ClF2N9O5. The van der Waals surface area contributed by atoms with E-state index in [4.69, 9.17) is 22.1 Å². The Hall–Kier alpha value is -5.35. The summed E-state index contributed by atoms with van der Waals surface area (Å²) in [4.78, 5) is 61.6. The van der Waals surface area contributed by atoms with Gasteiger partial charge in [0.1, 0.15) is 5.60 Å². The predicted molar refractivity (Wildman–Crippen MR) is 206 cm³/mol. The maximum atomic E-state index is 15.5. The summed E-state index contributed by atoms with van der Waals surface area (Å²) in [6.07, 6.45) is 3.63. The molecule has 0 unspecified atom stereocenters. The van der Waals surface area contributed by atoms with E-state index in [1.165, 1.54) is 48.1 Å². The first-order valence-electron chi connectivity index (χ1n) is 18.5. The summed E-state index contributed by atoms with van der Waals surface area (Å²) in [6.45, 7) is 10.2. The van der Waals surface area contributed by atoms with Crippen molar-refractivity contribution >= 4 is 41.1 Å². The van der Waals surface area contributed by atoms with Gasteiger partial charge in [0.15, 0.2) is 17.5 Å². The SMILES string of the molecule is Cc1nn(CCN)cc1-c1ccc(-c2cnc(C(=O)Nc3ccc(C(=O)N4CCN(C(=O)C5CCN(C(=O)OC(C)(C)C)CC5)CC4)c(Cl)c3)n2C)c(F)c1F. The molecule has 0 spiro atoms. The number of nitrogens with two attached hydrogens (primary N) is 1. The number of piperazine rings is 1. The molecule has 2 aromatic heterocycles. The average molecular weight is 794 g/mol. The van der Waals surface area contributed by atoms with Crippen molar-refractivity contribution < 1.29 is 32.7 Å². The molecule has 2 fully saturated rings. The molecule has 17 heteroatoms. The minimum atomic E-state index is -1.10. The summed E-state index contributed by atoms with van der Waals surface area (Å²) >= 11 is 6.55. The largest absolute Gasteiger partial charge is 0.444 e. The summed E-state index contributed by atoms with van der Waals surface area (Å²) in [7, 11) is 1.51. The van der Waals surface area contributed by atoms with E-state index in [0.29, 0.717) is 82.1 Å². The van der Waals surface area contributed by atoms with Crippen LogP contribution in [0.2, 0.25) is 5.02 Å². The number of likely N-dealkylation sites (tertiary alicyclic amines) is 1. The van der Waals surface area contributed by atoms with Crippen molar-refractivity contribution in [1.82, 2.24) is 34.0 Å². The van der Waals surface area contributed by atoms with Crippen molar-refractivity contribution in [2.75, 3.05) is 51.1 Å². The second-order valence-corrected chi connectivity index (χ2v) is 15.4. The number of anilines is 1. The molecule has 0 saturated carbocycles. The van der Waals surface area contributed by atoms with Crippen LogP contribution in [-0.4, -0.2) is 109 Å². The Morgan fingerprint density at radius 2 is 1.57 bits per heavy atom. The number of ether oxygens (including phenoxy) is 1. The van der Waals surface area contributed by atoms with E-state index in [1.54, 1.807) is 32.5 Å². The summed E-state index contributed by atoms with van der Waals surface area (Å²) in [5.74, 6) is -3.34. The molecule has 0 radical (unpaired) electrons. The highest BCUT2D eigenvalue weighted by atomic mass is 35.5. The van der Waals surface area contributed by atoms with E-state index in [9.17, 15) is 19.2 Å². The van der Waals surface area contributed by atoms with Crippen LogP contribution in [0.25, 0.3) is 22.4 Å². The van der Waals surface area contributed by atoms with Gasteiger partial charge in [-0.05, 0) is 64.8 Å². The molecule has 3 N–H and O–H groups in total. The average Bonchev–Trinajstić information content (AvgIpc) is 3.72. The summed E-state index contributed by atoms with van der Waals surface area (Å²) < 4.78 is 39.3. The Labute approximate surface area is 328 Å². The zero-order chi connectivity index (χ0) is 40.5. The second kappa shape index (κ2) is 16.4. The number of aryl methyl sites for hydroxylation is 1. The standard InChI is InChI=1S/C39H46ClF2N9O5/c1-23-29(22-51(46-23)15-12-43)26-8-9-28(33(42)32(26)41)31-21-44-34(47(31)5)35(52)45-25-6-7-27(30(40)20-25)37(54)49-18-16-48(17-19-49)36(53)24-10-13-50(14-11-24)38(55)56-39(2,3)4/h6-9,20-22,24H,10-19,43H2,1-5H3,(H,45,52). The van der Waals surface area contributed by atoms with Crippen molar-refractivity contribution in [3.63, 3.8) is 0 Å². The Kier molecular flexibility index (Phi) is 11.8. The third kappa shape index (κ3) is 8.55. The van der Waals surface area contributed by atoms with Crippen molar-refractivity contribution in [2.24, 2.45) is 18.7 Å². The van der Waals surface area contributed by atoms with Crippen LogP contribution in [0.1, 0.15) is 60.3 Å². The number of benzene rings is 2. The van der Waals surface area contributed by atoms with Crippen LogP contribution in [0.3, 0.4) is 0 Å². The smallest absolute Gasteiger partial charge is 0.410 e. The van der Waals surface area contributed by atoms with Crippen LogP contribution < -0.4 is 11.1 Å². The minimum absolute atomic E-state index is 0.0207. The number of carbonyl (C=O) groups excluding carboxylic acids is 4. The molecule has 4 heterocycles. The molecule has 2 saturated heterocycles. The van der Waals surface area contributed by atoms with Gasteiger partial charge in [-0.25, -0.2) is 18.6 Å². The van der Waals surface area contributed by atoms with Crippen molar-refractivity contribution in [3.8, 4) is 22.4 Å². The van der Waals surface area contributed by atoms with Crippen molar-refractivity contribution in [2.45, 2.75) is 52.7 Å². The van der Waals surface area contributed by atoms with Crippen LogP contribution in [0, 0.1) is 24.5 Å². The van der Waals surface area contributed by atoms with E-state index in [0.717, 1.165) is 0 Å². The number of nitrogens with zero attached hydrogens (tertiary/aromatic N) is 7. The normalized spacial score (nSPS) is 15.3. The Bertz CT molecular complexity index is 2150. The molecule has 0 atom stereocenters. The van der Waals surface area contributed by atoms with E-state index in [-0.39, 0.29) is 57.1 Å². The van der Waals surface area contributed by atoms with Gasteiger partial charge in [-0.2, -0.15) is 5.10 Å². The highest BCUT2D eigenvalue weighted by Gasteiger charge is 2.34. The zero-order valence-electron chi connectivity index (χ0n) is 32.1. The molecule has 2 aliphatic rings. The number of amides is 4. The maximum Gasteiger partial charge on any atom is 0.410 e. The summed E-state index contributed by atoms with van der Waals surface area (Å²) in [5, 5.41) is 7.13. The Morgan fingerprint density at radius 1 is 0.929 bits per heavy atom. The molecule has 6 rings (SSSR count). The number of hydrogen-bond donors (Lipinski definition) is 2. The zero-order valence-corrected chi connectivity index (χ0v) is 32.8. The lowest BCUT2D eigenvalue weighted by atomic mass is 9.95. The van der Waals surface area contributed by atoms with Gasteiger partial charge >= 0.3 is 6.09 Å². The first kappa shape index (κ1) is 40.3. The number of rotatable bonds is 8. The van der Waals surface area contributed by atoms with Gasteiger partial charge in [0, 0.05) is 87.4 Å². The summed E-state index contributed by atoms with van der Waals surface area (Å²) in [6, 6.07) is 7.39. The quantitative estimate of drug-likeness (QED) is 0.242. The number of nitrogens with one attached hydrogen (secondary N) is 1. The highest BCUT2D eigenvalue weighted by molar-refractivity contribution is 6.34. The number of hydrogen-bond acceptors (Lipinski definition) is 8. The van der Waals surface area contributed by atoms with Gasteiger partial charge in [-0.3, -0.25) is 19.1 Å². The fourth-order valence-corrected chi connectivity index (χ4v) is 7.26. The lowest BCUT2D eigenvalue weighted by Crippen LogP contribution is -2.53. The van der Waals surface area contributed by atoms with Crippen LogP contribution in [0.4, 0.5) is 19.3 Å². The van der Waals surface area contributed by atoms with Crippen molar-refractivity contribution in [3.05, 3.63) is 76.5 Å². The fraction of sp³-hybridized carbons (Fsp3) is 0.436. The highest BCUT2D eigenvalue weighted by Crippen LogP contribution is 2.33. The van der Waals surface area contributed by atoms with Crippen LogP contribution in [0.15, 0.2) is 42.7 Å². The van der Waals surface area contributed by atoms with Crippen LogP contribution in [-0.2, 0) is 23.1 Å². The maximum absolute atomic E-state index is 15.5. The third-order valence-electron chi connectivity index (χ3n) is 9.98. The molecule has 14 nitrogen and oxygen atoms in total. The van der Waals surface area contributed by atoms with Crippen LogP contribution >= 0.6 is 11.6 Å². The van der Waals surface area contributed by atoms with Gasteiger partial charge in [0.05, 0.1) is 34.7 Å². The molecule has 2 aromatic carbocycles. The first-order valence-corrected chi connectivity index (χ1v) is 18.9. The van der Waals surface area contributed by atoms with Gasteiger partial charge < -0.3 is 35.1 Å². The second-order valence-electron chi connectivity index (χ2n) is 15.0. The van der Waals surface area contributed by atoms with Gasteiger partial charge in [-0.15, -0.1) is 0 Å². The Balaban J connectivity index is 1.04. The third-order valence-corrected chi connectivity index (χ3v) is 10.3. The number of halogens is 3. The number of imidazole rings is 1. The molecule has 4 amide bonds. The van der Waals surface area contributed by atoms with E-state index in [2.05, 4.69) is 15.4 Å². The van der Waals surface area contributed by atoms with Crippen molar-refractivity contribution in [1.29, 1.82) is 0 Å². The molecule has 2 aliphatic heterocycles. The Morgan fingerprint density at radius 3 is 2.21 bits per heavy atom. The monoisotopic (exact) mass is 793 g/mol. The number of carbonyl (C=O) groups is 4. The first-order chi connectivity index (χ1) is 26.6. The lowest BCUT2D eigenvalue weighted by molar-refractivity contribution is -0.138. The topological polar surface area (TPSA) is 161 Å². The van der Waals surface area contributed by atoms with E-state index < -0.39 is 23.1 Å². The minimum Gasteiger partial charge on any atom is -0.444 e. The molecule has 4 aromatic rings. The van der Waals surface area contributed by atoms with E-state index in [1.807, 2.05) is 20.8 Å².